The van der Waals surface area contributed by atoms with Gasteiger partial charge in [0.25, 0.3) is 0 Å². The lowest BCUT2D eigenvalue weighted by atomic mass is 9.88. The van der Waals surface area contributed by atoms with E-state index >= 15 is 0 Å². The van der Waals surface area contributed by atoms with Crippen LogP contribution in [-0.2, 0) is 11.2 Å². The van der Waals surface area contributed by atoms with Crippen molar-refractivity contribution in [3.05, 3.63) is 36.0 Å². The molecule has 0 saturated heterocycles. The summed E-state index contributed by atoms with van der Waals surface area (Å²) in [6.07, 6.45) is 0.375. The highest BCUT2D eigenvalue weighted by Gasteiger charge is 2.28. The number of carbonyl (C=O) groups is 1. The molecular weight excluding hydrogens is 216 g/mol. The summed E-state index contributed by atoms with van der Waals surface area (Å²) in [6.45, 7) is 3.37. The van der Waals surface area contributed by atoms with Gasteiger partial charge in [0.05, 0.1) is 16.6 Å². The third-order valence-corrected chi connectivity index (χ3v) is 2.75. The van der Waals surface area contributed by atoms with Gasteiger partial charge in [0.1, 0.15) is 0 Å². The van der Waals surface area contributed by atoms with E-state index in [1.165, 1.54) is 0 Å². The molecule has 0 bridgehead atoms. The Labute approximate surface area is 99.3 Å². The van der Waals surface area contributed by atoms with E-state index in [0.29, 0.717) is 12.1 Å². The molecule has 4 heteroatoms. The summed E-state index contributed by atoms with van der Waals surface area (Å²) in [5, 5.41) is 18.2. The Morgan fingerprint density at radius 2 is 2.00 bits per heavy atom. The first-order valence-electron chi connectivity index (χ1n) is 5.44. The van der Waals surface area contributed by atoms with Gasteiger partial charge in [-0.25, -0.2) is 0 Å². The Balaban J connectivity index is 2.34. The maximum Gasteiger partial charge on any atom is 0.309 e. The van der Waals surface area contributed by atoms with Gasteiger partial charge in [-0.1, -0.05) is 18.2 Å². The quantitative estimate of drug-likeness (QED) is 0.878. The number of carboxylic acids is 1. The number of benzene rings is 1. The van der Waals surface area contributed by atoms with E-state index in [1.54, 1.807) is 13.8 Å². The summed E-state index contributed by atoms with van der Waals surface area (Å²) in [5.41, 5.74) is 0.706. The monoisotopic (exact) mass is 230 g/mol. The van der Waals surface area contributed by atoms with Gasteiger partial charge in [0.2, 0.25) is 0 Å². The minimum absolute atomic E-state index is 0.375. The minimum atomic E-state index is -0.826. The van der Waals surface area contributed by atoms with Crippen LogP contribution in [0.25, 0.3) is 10.9 Å². The first-order chi connectivity index (χ1) is 7.99. The van der Waals surface area contributed by atoms with Crippen molar-refractivity contribution in [2.75, 3.05) is 0 Å². The molecule has 1 aromatic heterocycles. The molecule has 0 atom stereocenters. The van der Waals surface area contributed by atoms with E-state index in [2.05, 4.69) is 10.2 Å². The molecule has 2 rings (SSSR count). The van der Waals surface area contributed by atoms with Crippen LogP contribution in [0.3, 0.4) is 0 Å². The van der Waals surface area contributed by atoms with Crippen LogP contribution in [0.2, 0.25) is 0 Å². The van der Waals surface area contributed by atoms with E-state index in [4.69, 9.17) is 5.11 Å². The molecule has 17 heavy (non-hydrogen) atoms. The van der Waals surface area contributed by atoms with Crippen LogP contribution in [0, 0.1) is 5.41 Å². The lowest BCUT2D eigenvalue weighted by Gasteiger charge is -2.17. The van der Waals surface area contributed by atoms with Gasteiger partial charge in [-0.15, -0.1) is 0 Å². The third-order valence-electron chi connectivity index (χ3n) is 2.75. The second-order valence-corrected chi connectivity index (χ2v) is 4.76. The average molecular weight is 230 g/mol. The number of aromatic nitrogens is 2. The summed E-state index contributed by atoms with van der Waals surface area (Å²) in [6, 6.07) is 9.55. The molecule has 0 aliphatic rings. The predicted molar refractivity (Wildman–Crippen MR) is 64.7 cm³/mol. The van der Waals surface area contributed by atoms with Crippen molar-refractivity contribution in [2.45, 2.75) is 20.3 Å². The van der Waals surface area contributed by atoms with Gasteiger partial charge in [-0.05, 0) is 26.0 Å². The SMILES string of the molecule is CC(C)(Cc1cc2ccccc2nn1)C(=O)O. The van der Waals surface area contributed by atoms with Crippen LogP contribution >= 0.6 is 0 Å². The summed E-state index contributed by atoms with van der Waals surface area (Å²) in [4.78, 5) is 11.0. The fraction of sp³-hybridized carbons (Fsp3) is 0.308. The van der Waals surface area contributed by atoms with E-state index in [-0.39, 0.29) is 0 Å². The fourth-order valence-electron chi connectivity index (χ4n) is 1.64. The summed E-state index contributed by atoms with van der Waals surface area (Å²) < 4.78 is 0. The van der Waals surface area contributed by atoms with Crippen molar-refractivity contribution >= 4 is 16.9 Å². The molecule has 0 saturated carbocycles. The van der Waals surface area contributed by atoms with Crippen LogP contribution in [0.5, 0.6) is 0 Å². The zero-order valence-electron chi connectivity index (χ0n) is 9.84. The second-order valence-electron chi connectivity index (χ2n) is 4.76. The van der Waals surface area contributed by atoms with Crippen molar-refractivity contribution in [2.24, 2.45) is 5.41 Å². The largest absolute Gasteiger partial charge is 0.481 e. The molecule has 0 fully saturated rings. The first kappa shape index (κ1) is 11.5. The molecule has 88 valence electrons. The van der Waals surface area contributed by atoms with Crippen molar-refractivity contribution in [3.8, 4) is 0 Å². The van der Waals surface area contributed by atoms with Crippen LogP contribution in [-0.4, -0.2) is 21.3 Å². The highest BCUT2D eigenvalue weighted by atomic mass is 16.4. The van der Waals surface area contributed by atoms with E-state index in [1.807, 2.05) is 30.3 Å². The topological polar surface area (TPSA) is 63.1 Å². The van der Waals surface area contributed by atoms with Crippen LogP contribution in [0.15, 0.2) is 30.3 Å². The summed E-state index contributed by atoms with van der Waals surface area (Å²) in [5.74, 6) is -0.826. The summed E-state index contributed by atoms with van der Waals surface area (Å²) in [7, 11) is 0. The number of fused-ring (bicyclic) bond motifs is 1. The molecule has 1 heterocycles. The molecule has 1 aromatic carbocycles. The maximum absolute atomic E-state index is 11.0. The molecule has 4 nitrogen and oxygen atoms in total. The molecule has 0 spiro atoms. The molecule has 0 aliphatic heterocycles. The normalized spacial score (nSPS) is 11.6. The zero-order valence-corrected chi connectivity index (χ0v) is 9.84. The van der Waals surface area contributed by atoms with Gasteiger partial charge in [-0.3, -0.25) is 4.79 Å². The first-order valence-corrected chi connectivity index (χ1v) is 5.44. The molecular formula is C13H14N2O2. The highest BCUT2D eigenvalue weighted by Crippen LogP contribution is 2.22. The number of hydrogen-bond acceptors (Lipinski definition) is 3. The second kappa shape index (κ2) is 4.13. The average Bonchev–Trinajstić information content (AvgIpc) is 2.28. The number of carboxylic acid groups (broad SMARTS) is 1. The molecule has 2 aromatic rings. The van der Waals surface area contributed by atoms with Crippen molar-refractivity contribution in [3.63, 3.8) is 0 Å². The van der Waals surface area contributed by atoms with Gasteiger partial charge >= 0.3 is 5.97 Å². The minimum Gasteiger partial charge on any atom is -0.481 e. The molecule has 1 N–H and O–H groups in total. The lowest BCUT2D eigenvalue weighted by molar-refractivity contribution is -0.146. The highest BCUT2D eigenvalue weighted by molar-refractivity contribution is 5.78. The maximum atomic E-state index is 11.0. The number of rotatable bonds is 3. The van der Waals surface area contributed by atoms with Crippen LogP contribution in [0.4, 0.5) is 0 Å². The van der Waals surface area contributed by atoms with E-state index in [9.17, 15) is 4.79 Å². The third kappa shape index (κ3) is 2.41. The van der Waals surface area contributed by atoms with Gasteiger partial charge < -0.3 is 5.11 Å². The van der Waals surface area contributed by atoms with E-state index < -0.39 is 11.4 Å². The van der Waals surface area contributed by atoms with Crippen molar-refractivity contribution < 1.29 is 9.90 Å². The van der Waals surface area contributed by atoms with Crippen molar-refractivity contribution in [1.29, 1.82) is 0 Å². The van der Waals surface area contributed by atoms with Gasteiger partial charge in [-0.2, -0.15) is 10.2 Å². The Morgan fingerprint density at radius 3 is 2.71 bits per heavy atom. The van der Waals surface area contributed by atoms with E-state index in [0.717, 1.165) is 10.9 Å². The molecule has 0 radical (unpaired) electrons. The number of hydrogen-bond donors (Lipinski definition) is 1. The molecule has 0 aliphatic carbocycles. The Hall–Kier alpha value is -1.97. The number of aliphatic carboxylic acids is 1. The van der Waals surface area contributed by atoms with Crippen LogP contribution in [0.1, 0.15) is 19.5 Å². The zero-order chi connectivity index (χ0) is 12.5. The van der Waals surface area contributed by atoms with Gasteiger partial charge in [0.15, 0.2) is 0 Å². The summed E-state index contributed by atoms with van der Waals surface area (Å²) >= 11 is 0. The van der Waals surface area contributed by atoms with Crippen molar-refractivity contribution in [1.82, 2.24) is 10.2 Å². The standard InChI is InChI=1S/C13H14N2O2/c1-13(2,12(16)17)8-10-7-9-5-3-4-6-11(9)15-14-10/h3-7H,8H2,1-2H3,(H,16,17). The Kier molecular flexibility index (Phi) is 2.79. The Morgan fingerprint density at radius 1 is 1.29 bits per heavy atom. The molecule has 0 unspecified atom stereocenters. The number of nitrogens with zero attached hydrogens (tertiary/aromatic N) is 2. The smallest absolute Gasteiger partial charge is 0.309 e. The van der Waals surface area contributed by atoms with Crippen LogP contribution < -0.4 is 0 Å². The lowest BCUT2D eigenvalue weighted by Crippen LogP contribution is -2.26. The molecule has 0 amide bonds. The predicted octanol–water partition coefficient (Wildman–Crippen LogP) is 2.28. The Bertz CT molecular complexity index is 564. The van der Waals surface area contributed by atoms with Gasteiger partial charge in [0, 0.05) is 11.8 Å². The fourth-order valence-corrected chi connectivity index (χ4v) is 1.64.